The molecule has 20 heavy (non-hydrogen) atoms. The van der Waals surface area contributed by atoms with Crippen LogP contribution >= 0.6 is 0 Å². The van der Waals surface area contributed by atoms with Crippen molar-refractivity contribution in [1.29, 1.82) is 0 Å². The Bertz CT molecular complexity index is 475. The van der Waals surface area contributed by atoms with E-state index in [1.807, 2.05) is 0 Å². The minimum atomic E-state index is -2.10. The van der Waals surface area contributed by atoms with Gasteiger partial charge in [-0.3, -0.25) is 0 Å². The van der Waals surface area contributed by atoms with Crippen LogP contribution in [0, 0.1) is 0 Å². The van der Waals surface area contributed by atoms with Crippen molar-refractivity contribution in [3.05, 3.63) is 70.3 Å². The predicted molar refractivity (Wildman–Crippen MR) is 90.0 cm³/mol. The van der Waals surface area contributed by atoms with Gasteiger partial charge in [-0.1, -0.05) is 54.7 Å². The van der Waals surface area contributed by atoms with Crippen LogP contribution in [-0.4, -0.2) is 44.5 Å². The molecule has 0 saturated heterocycles. The normalized spacial score (nSPS) is 19.9. The van der Waals surface area contributed by atoms with E-state index in [1.165, 1.54) is 15.6 Å². The number of rotatable bonds is 5. The van der Waals surface area contributed by atoms with Gasteiger partial charge in [0.2, 0.25) is 0 Å². The maximum absolute atomic E-state index is 6.50. The zero-order chi connectivity index (χ0) is 13.1. The molecule has 0 aliphatic heterocycles. The molecule has 0 radical (unpaired) electrons. The van der Waals surface area contributed by atoms with Gasteiger partial charge in [0, 0.05) is 6.61 Å². The second-order valence-corrected chi connectivity index (χ2v) is 8.66. The standard InChI is InChI=1S/C17H20OSi.Na.H/c1-2-18-19(15-9-3-4-10-15,16-11-5-6-12-16)17-13-7-8-14-17;;/h3-9,11,13H,2,10,12,14H2,1H3;;. The van der Waals surface area contributed by atoms with Crippen molar-refractivity contribution in [2.24, 2.45) is 0 Å². The van der Waals surface area contributed by atoms with Crippen LogP contribution in [0.4, 0.5) is 0 Å². The summed E-state index contributed by atoms with van der Waals surface area (Å²) in [5.41, 5.74) is 0. The molecular formula is C17H21NaOSi. The predicted octanol–water partition coefficient (Wildman–Crippen LogP) is 3.60. The monoisotopic (exact) mass is 292 g/mol. The number of allylic oxidation sites excluding steroid dienone is 12. The Balaban J connectivity index is 0.00000147. The Morgan fingerprint density at radius 1 is 0.850 bits per heavy atom. The van der Waals surface area contributed by atoms with E-state index in [0.717, 1.165) is 25.9 Å². The third-order valence-corrected chi connectivity index (χ3v) is 8.58. The molecule has 3 aliphatic rings. The van der Waals surface area contributed by atoms with Gasteiger partial charge >= 0.3 is 29.6 Å². The summed E-state index contributed by atoms with van der Waals surface area (Å²) in [4.78, 5) is 0. The van der Waals surface area contributed by atoms with Gasteiger partial charge in [0.05, 0.1) is 0 Å². The summed E-state index contributed by atoms with van der Waals surface area (Å²) in [6.07, 6.45) is 23.3. The number of hydrogen-bond acceptors (Lipinski definition) is 1. The van der Waals surface area contributed by atoms with Gasteiger partial charge in [0.15, 0.2) is 0 Å². The van der Waals surface area contributed by atoms with Crippen LogP contribution in [0.5, 0.6) is 0 Å². The van der Waals surface area contributed by atoms with Crippen molar-refractivity contribution in [2.75, 3.05) is 6.61 Å². The summed E-state index contributed by atoms with van der Waals surface area (Å²) in [6, 6.07) is 0. The van der Waals surface area contributed by atoms with Gasteiger partial charge < -0.3 is 4.43 Å². The molecule has 100 valence electrons. The van der Waals surface area contributed by atoms with Crippen LogP contribution in [0.15, 0.2) is 70.3 Å². The van der Waals surface area contributed by atoms with E-state index >= 15 is 0 Å². The molecule has 0 fully saturated rings. The first-order valence-electron chi connectivity index (χ1n) is 7.10. The maximum atomic E-state index is 6.50. The van der Waals surface area contributed by atoms with Crippen LogP contribution in [0.3, 0.4) is 0 Å². The average molecular weight is 292 g/mol. The first kappa shape index (κ1) is 16.0. The van der Waals surface area contributed by atoms with E-state index in [-0.39, 0.29) is 29.6 Å². The Hall–Kier alpha value is -0.383. The van der Waals surface area contributed by atoms with Crippen molar-refractivity contribution in [3.63, 3.8) is 0 Å². The molecule has 0 heterocycles. The fourth-order valence-corrected chi connectivity index (χ4v) is 7.67. The zero-order valence-corrected chi connectivity index (χ0v) is 12.4. The summed E-state index contributed by atoms with van der Waals surface area (Å²) in [7, 11) is -2.10. The van der Waals surface area contributed by atoms with Crippen molar-refractivity contribution in [3.8, 4) is 0 Å². The first-order valence-corrected chi connectivity index (χ1v) is 9.01. The Morgan fingerprint density at radius 2 is 1.25 bits per heavy atom. The second kappa shape index (κ2) is 7.06. The molecule has 0 aromatic heterocycles. The van der Waals surface area contributed by atoms with Gasteiger partial charge in [-0.2, -0.15) is 0 Å². The van der Waals surface area contributed by atoms with Crippen molar-refractivity contribution in [1.82, 2.24) is 0 Å². The van der Waals surface area contributed by atoms with Gasteiger partial charge in [0.25, 0.3) is 8.32 Å². The van der Waals surface area contributed by atoms with Crippen LogP contribution in [-0.2, 0) is 4.43 Å². The zero-order valence-electron chi connectivity index (χ0n) is 11.4. The van der Waals surface area contributed by atoms with E-state index in [1.54, 1.807) is 0 Å². The molecule has 0 saturated carbocycles. The molecule has 0 bridgehead atoms. The summed E-state index contributed by atoms with van der Waals surface area (Å²) >= 11 is 0. The van der Waals surface area contributed by atoms with Crippen molar-refractivity contribution >= 4 is 37.9 Å². The van der Waals surface area contributed by atoms with Gasteiger partial charge in [-0.15, -0.1) is 0 Å². The summed E-state index contributed by atoms with van der Waals surface area (Å²) in [5.74, 6) is 0. The Kier molecular flexibility index (Phi) is 5.64. The molecule has 0 spiro atoms. The van der Waals surface area contributed by atoms with Crippen molar-refractivity contribution in [2.45, 2.75) is 26.2 Å². The van der Waals surface area contributed by atoms with E-state index in [9.17, 15) is 0 Å². The molecule has 0 N–H and O–H groups in total. The Morgan fingerprint density at radius 3 is 1.50 bits per heavy atom. The first-order chi connectivity index (χ1) is 9.38. The number of hydrogen-bond donors (Lipinski definition) is 0. The third-order valence-electron chi connectivity index (χ3n) is 4.03. The van der Waals surface area contributed by atoms with Gasteiger partial charge in [0.1, 0.15) is 0 Å². The molecule has 0 aromatic rings. The SMILES string of the molecule is CCO[Si](C1=CC=CC1)(C1=CC=CC1)C1=CC=CC1.[NaH]. The fourth-order valence-electron chi connectivity index (χ4n) is 3.24. The van der Waals surface area contributed by atoms with Crippen molar-refractivity contribution < 1.29 is 4.43 Å². The van der Waals surface area contributed by atoms with E-state index in [2.05, 4.69) is 61.6 Å². The van der Waals surface area contributed by atoms with Crippen LogP contribution in [0.25, 0.3) is 0 Å². The molecule has 3 rings (SSSR count). The summed E-state index contributed by atoms with van der Waals surface area (Å²) in [5, 5.41) is 4.54. The minimum absolute atomic E-state index is 0. The topological polar surface area (TPSA) is 9.23 Å². The molecule has 1 nitrogen and oxygen atoms in total. The third kappa shape index (κ3) is 2.68. The van der Waals surface area contributed by atoms with E-state index in [4.69, 9.17) is 4.43 Å². The van der Waals surface area contributed by atoms with Gasteiger partial charge in [-0.05, 0) is 41.8 Å². The molecule has 3 heteroatoms. The summed E-state index contributed by atoms with van der Waals surface area (Å²) < 4.78 is 6.50. The van der Waals surface area contributed by atoms with Crippen LogP contribution < -0.4 is 0 Å². The molecule has 0 unspecified atom stereocenters. The molecule has 3 aliphatic carbocycles. The van der Waals surface area contributed by atoms with Crippen LogP contribution in [0.1, 0.15) is 26.2 Å². The van der Waals surface area contributed by atoms with Gasteiger partial charge in [-0.25, -0.2) is 0 Å². The molecular weight excluding hydrogens is 271 g/mol. The fraction of sp³-hybridized carbons (Fsp3) is 0.294. The quantitative estimate of drug-likeness (QED) is 0.704. The van der Waals surface area contributed by atoms with Crippen LogP contribution in [0.2, 0.25) is 0 Å². The van der Waals surface area contributed by atoms with E-state index in [0.29, 0.717) is 0 Å². The average Bonchev–Trinajstić information content (AvgIpc) is 3.18. The molecule has 0 aromatic carbocycles. The summed E-state index contributed by atoms with van der Waals surface area (Å²) in [6.45, 7) is 2.91. The second-order valence-electron chi connectivity index (χ2n) is 5.09. The Labute approximate surface area is 144 Å². The molecule has 0 atom stereocenters. The molecule has 0 amide bonds. The van der Waals surface area contributed by atoms with E-state index < -0.39 is 8.32 Å².